The summed E-state index contributed by atoms with van der Waals surface area (Å²) in [5.41, 5.74) is 1.89. The lowest BCUT2D eigenvalue weighted by atomic mass is 10.5. The molecule has 106 valence electrons. The van der Waals surface area contributed by atoms with Crippen LogP contribution in [-0.2, 0) is 19.3 Å². The Hall–Kier alpha value is -1.61. The standard InChI is InChI=1S/C11H14N6OS2/c1-6-9-10(17(2)15-6)14-11(20-9)12-4-8-13-7(5-19-3)16-18-8/h4-5H2,1-3H3,(H,12,14). The summed E-state index contributed by atoms with van der Waals surface area (Å²) in [4.78, 5) is 8.80. The topological polar surface area (TPSA) is 81.7 Å². The number of aromatic nitrogens is 5. The van der Waals surface area contributed by atoms with Crippen molar-refractivity contribution in [1.29, 1.82) is 0 Å². The Bertz CT molecular complexity index is 696. The molecule has 3 rings (SSSR count). The van der Waals surface area contributed by atoms with E-state index in [9.17, 15) is 0 Å². The molecule has 0 radical (unpaired) electrons. The van der Waals surface area contributed by atoms with Crippen molar-refractivity contribution >= 4 is 38.6 Å². The Kier molecular flexibility index (Phi) is 3.62. The molecule has 0 aliphatic carbocycles. The molecule has 0 saturated carbocycles. The first kappa shape index (κ1) is 13.4. The average Bonchev–Trinajstić information content (AvgIpc) is 3.07. The van der Waals surface area contributed by atoms with E-state index in [4.69, 9.17) is 4.52 Å². The molecular formula is C11H14N6OS2. The molecule has 3 heterocycles. The van der Waals surface area contributed by atoms with Crippen molar-refractivity contribution in [2.75, 3.05) is 11.6 Å². The van der Waals surface area contributed by atoms with E-state index in [1.807, 2.05) is 20.2 Å². The minimum absolute atomic E-state index is 0.480. The summed E-state index contributed by atoms with van der Waals surface area (Å²) in [5.74, 6) is 2.05. The van der Waals surface area contributed by atoms with Gasteiger partial charge < -0.3 is 9.84 Å². The van der Waals surface area contributed by atoms with Gasteiger partial charge in [0.15, 0.2) is 16.6 Å². The summed E-state index contributed by atoms with van der Waals surface area (Å²) in [6.07, 6.45) is 2.01. The number of anilines is 1. The van der Waals surface area contributed by atoms with Gasteiger partial charge in [0.25, 0.3) is 0 Å². The molecular weight excluding hydrogens is 296 g/mol. The number of thioether (sulfide) groups is 1. The van der Waals surface area contributed by atoms with Crippen LogP contribution in [0.3, 0.4) is 0 Å². The van der Waals surface area contributed by atoms with Gasteiger partial charge in [-0.1, -0.05) is 16.5 Å². The van der Waals surface area contributed by atoms with Crippen LogP contribution in [0.4, 0.5) is 5.13 Å². The number of rotatable bonds is 5. The minimum atomic E-state index is 0.480. The zero-order chi connectivity index (χ0) is 14.1. The summed E-state index contributed by atoms with van der Waals surface area (Å²) < 4.78 is 8.05. The zero-order valence-electron chi connectivity index (χ0n) is 11.4. The quantitative estimate of drug-likeness (QED) is 0.773. The van der Waals surface area contributed by atoms with Gasteiger partial charge in [-0.25, -0.2) is 9.67 Å². The summed E-state index contributed by atoms with van der Waals surface area (Å²) in [7, 11) is 1.89. The van der Waals surface area contributed by atoms with Crippen molar-refractivity contribution in [3.8, 4) is 0 Å². The summed E-state index contributed by atoms with van der Waals surface area (Å²) in [6.45, 7) is 2.46. The number of aryl methyl sites for hydroxylation is 2. The lowest BCUT2D eigenvalue weighted by Crippen LogP contribution is -2.00. The summed E-state index contributed by atoms with van der Waals surface area (Å²) in [5, 5.41) is 12.3. The van der Waals surface area contributed by atoms with Gasteiger partial charge in [-0.2, -0.15) is 21.8 Å². The van der Waals surface area contributed by atoms with Gasteiger partial charge in [0.1, 0.15) is 0 Å². The Balaban J connectivity index is 1.71. The third-order valence-electron chi connectivity index (χ3n) is 2.72. The predicted molar refractivity (Wildman–Crippen MR) is 80.0 cm³/mol. The molecule has 0 aromatic carbocycles. The molecule has 0 unspecified atom stereocenters. The van der Waals surface area contributed by atoms with E-state index in [-0.39, 0.29) is 0 Å². The fourth-order valence-corrected chi connectivity index (χ4v) is 3.16. The second-order valence-corrected chi connectivity index (χ2v) is 6.14. The molecule has 0 aliphatic rings. The number of thiazole rings is 1. The lowest BCUT2D eigenvalue weighted by molar-refractivity contribution is 0.379. The Labute approximate surface area is 123 Å². The van der Waals surface area contributed by atoms with Crippen molar-refractivity contribution in [3.05, 3.63) is 17.4 Å². The number of nitrogens with one attached hydrogen (secondary N) is 1. The van der Waals surface area contributed by atoms with Gasteiger partial charge in [0.2, 0.25) is 5.89 Å². The molecule has 9 heteroatoms. The maximum atomic E-state index is 5.16. The zero-order valence-corrected chi connectivity index (χ0v) is 13.0. The molecule has 3 aromatic heterocycles. The highest BCUT2D eigenvalue weighted by Gasteiger charge is 2.12. The van der Waals surface area contributed by atoms with Crippen molar-refractivity contribution in [2.45, 2.75) is 19.2 Å². The van der Waals surface area contributed by atoms with Gasteiger partial charge in [-0.3, -0.25) is 0 Å². The van der Waals surface area contributed by atoms with E-state index < -0.39 is 0 Å². The molecule has 0 saturated heterocycles. The molecule has 0 aliphatic heterocycles. The normalized spacial score (nSPS) is 11.3. The van der Waals surface area contributed by atoms with E-state index in [1.165, 1.54) is 0 Å². The number of hydrogen-bond donors (Lipinski definition) is 1. The van der Waals surface area contributed by atoms with Gasteiger partial charge >= 0.3 is 0 Å². The maximum Gasteiger partial charge on any atom is 0.246 e. The summed E-state index contributed by atoms with van der Waals surface area (Å²) in [6, 6.07) is 0. The number of hydrogen-bond acceptors (Lipinski definition) is 8. The molecule has 0 fully saturated rings. The minimum Gasteiger partial charge on any atom is -0.352 e. The molecule has 1 N–H and O–H groups in total. The van der Waals surface area contributed by atoms with Crippen LogP contribution in [0.1, 0.15) is 17.4 Å². The molecule has 3 aromatic rings. The molecule has 20 heavy (non-hydrogen) atoms. The molecule has 7 nitrogen and oxygen atoms in total. The number of fused-ring (bicyclic) bond motifs is 1. The van der Waals surface area contributed by atoms with Crippen molar-refractivity contribution in [1.82, 2.24) is 24.9 Å². The highest BCUT2D eigenvalue weighted by Crippen LogP contribution is 2.28. The molecule has 0 bridgehead atoms. The van der Waals surface area contributed by atoms with E-state index in [1.54, 1.807) is 27.8 Å². The Morgan fingerprint density at radius 2 is 2.25 bits per heavy atom. The van der Waals surface area contributed by atoms with Crippen molar-refractivity contribution < 1.29 is 4.52 Å². The van der Waals surface area contributed by atoms with E-state index >= 15 is 0 Å². The first-order valence-electron chi connectivity index (χ1n) is 6.01. The molecule has 0 atom stereocenters. The smallest absolute Gasteiger partial charge is 0.246 e. The highest BCUT2D eigenvalue weighted by molar-refractivity contribution is 7.97. The SMILES string of the molecule is CSCc1noc(CNc2nc3c(s2)c(C)nn3C)n1. The largest absolute Gasteiger partial charge is 0.352 e. The molecule has 0 spiro atoms. The van der Waals surface area contributed by atoms with E-state index in [0.29, 0.717) is 12.4 Å². The number of nitrogens with zero attached hydrogens (tertiary/aromatic N) is 5. The lowest BCUT2D eigenvalue weighted by Gasteiger charge is -1.96. The van der Waals surface area contributed by atoms with Crippen LogP contribution in [0.25, 0.3) is 10.3 Å². The van der Waals surface area contributed by atoms with Crippen LogP contribution in [0, 0.1) is 6.92 Å². The fraction of sp³-hybridized carbons (Fsp3) is 0.455. The van der Waals surface area contributed by atoms with Crippen LogP contribution in [0.2, 0.25) is 0 Å². The Morgan fingerprint density at radius 1 is 1.40 bits per heavy atom. The van der Waals surface area contributed by atoms with Crippen LogP contribution in [0.15, 0.2) is 4.52 Å². The van der Waals surface area contributed by atoms with Gasteiger partial charge in [0, 0.05) is 7.05 Å². The van der Waals surface area contributed by atoms with Crippen LogP contribution in [-0.4, -0.2) is 31.2 Å². The monoisotopic (exact) mass is 310 g/mol. The predicted octanol–water partition coefficient (Wildman–Crippen LogP) is 2.20. The second kappa shape index (κ2) is 5.41. The summed E-state index contributed by atoms with van der Waals surface area (Å²) >= 11 is 3.25. The second-order valence-electron chi connectivity index (χ2n) is 4.27. The average molecular weight is 310 g/mol. The maximum absolute atomic E-state index is 5.16. The first-order chi connectivity index (χ1) is 9.67. The Morgan fingerprint density at radius 3 is 3.00 bits per heavy atom. The third-order valence-corrected chi connectivity index (χ3v) is 4.38. The third kappa shape index (κ3) is 2.50. The van der Waals surface area contributed by atoms with Crippen molar-refractivity contribution in [2.24, 2.45) is 7.05 Å². The van der Waals surface area contributed by atoms with Crippen LogP contribution < -0.4 is 5.32 Å². The van der Waals surface area contributed by atoms with E-state index in [2.05, 4.69) is 25.5 Å². The van der Waals surface area contributed by atoms with Gasteiger partial charge in [0.05, 0.1) is 22.7 Å². The highest BCUT2D eigenvalue weighted by atomic mass is 32.2. The van der Waals surface area contributed by atoms with E-state index in [0.717, 1.165) is 32.7 Å². The van der Waals surface area contributed by atoms with Gasteiger partial charge in [-0.15, -0.1) is 0 Å². The van der Waals surface area contributed by atoms with Crippen LogP contribution >= 0.6 is 23.1 Å². The first-order valence-corrected chi connectivity index (χ1v) is 8.23. The fourth-order valence-electron chi connectivity index (χ4n) is 1.86. The molecule has 0 amide bonds. The van der Waals surface area contributed by atoms with Crippen LogP contribution in [0.5, 0.6) is 0 Å². The van der Waals surface area contributed by atoms with Crippen molar-refractivity contribution in [3.63, 3.8) is 0 Å². The van der Waals surface area contributed by atoms with Gasteiger partial charge in [-0.05, 0) is 13.2 Å².